The standard InChI is InChI=1S/C10H14N4S/c1-3-4-14-7-8(5-13-14)9-6-12-10(11-2)15-9/h5-7H,3-4H2,1-2H3,(H,11,12). The molecule has 2 rings (SSSR count). The van der Waals surface area contributed by atoms with Gasteiger partial charge in [0.1, 0.15) is 0 Å². The highest BCUT2D eigenvalue weighted by Crippen LogP contribution is 2.28. The zero-order valence-electron chi connectivity index (χ0n) is 8.90. The first kappa shape index (κ1) is 10.2. The smallest absolute Gasteiger partial charge is 0.182 e. The predicted molar refractivity (Wildman–Crippen MR) is 63.2 cm³/mol. The second kappa shape index (κ2) is 4.44. The van der Waals surface area contributed by atoms with Gasteiger partial charge in [-0.1, -0.05) is 18.3 Å². The molecular weight excluding hydrogens is 208 g/mol. The van der Waals surface area contributed by atoms with E-state index in [1.54, 1.807) is 11.3 Å². The largest absolute Gasteiger partial charge is 0.365 e. The van der Waals surface area contributed by atoms with Crippen molar-refractivity contribution >= 4 is 16.5 Å². The number of nitrogens with one attached hydrogen (secondary N) is 1. The van der Waals surface area contributed by atoms with Crippen LogP contribution in [0.3, 0.4) is 0 Å². The minimum atomic E-state index is 0.938. The molecule has 0 saturated heterocycles. The topological polar surface area (TPSA) is 42.7 Å². The van der Waals surface area contributed by atoms with E-state index in [-0.39, 0.29) is 0 Å². The van der Waals surface area contributed by atoms with Gasteiger partial charge >= 0.3 is 0 Å². The molecule has 80 valence electrons. The van der Waals surface area contributed by atoms with Crippen molar-refractivity contribution in [3.05, 3.63) is 18.6 Å². The monoisotopic (exact) mass is 222 g/mol. The Balaban J connectivity index is 2.21. The van der Waals surface area contributed by atoms with Gasteiger partial charge in [-0.3, -0.25) is 4.68 Å². The summed E-state index contributed by atoms with van der Waals surface area (Å²) in [6.07, 6.45) is 6.94. The molecule has 5 heteroatoms. The van der Waals surface area contributed by atoms with Crippen LogP contribution in [-0.2, 0) is 6.54 Å². The van der Waals surface area contributed by atoms with Gasteiger partial charge in [0.25, 0.3) is 0 Å². The molecule has 0 aromatic carbocycles. The average Bonchev–Trinajstić information content (AvgIpc) is 2.85. The minimum absolute atomic E-state index is 0.938. The average molecular weight is 222 g/mol. The maximum absolute atomic E-state index is 4.29. The van der Waals surface area contributed by atoms with Crippen molar-refractivity contribution in [2.45, 2.75) is 19.9 Å². The fourth-order valence-corrected chi connectivity index (χ4v) is 2.11. The van der Waals surface area contributed by atoms with E-state index in [0.717, 1.165) is 28.5 Å². The van der Waals surface area contributed by atoms with Gasteiger partial charge in [-0.25, -0.2) is 4.98 Å². The number of rotatable bonds is 4. The Morgan fingerprint density at radius 2 is 2.33 bits per heavy atom. The van der Waals surface area contributed by atoms with Gasteiger partial charge in [0.05, 0.1) is 11.1 Å². The lowest BCUT2D eigenvalue weighted by molar-refractivity contribution is 0.603. The van der Waals surface area contributed by atoms with Crippen molar-refractivity contribution in [3.63, 3.8) is 0 Å². The number of thiazole rings is 1. The Morgan fingerprint density at radius 3 is 3.00 bits per heavy atom. The van der Waals surface area contributed by atoms with Crippen molar-refractivity contribution in [1.29, 1.82) is 0 Å². The summed E-state index contributed by atoms with van der Waals surface area (Å²) in [5, 5.41) is 8.26. The third kappa shape index (κ3) is 2.18. The third-order valence-electron chi connectivity index (χ3n) is 2.09. The van der Waals surface area contributed by atoms with Crippen LogP contribution < -0.4 is 5.32 Å². The lowest BCUT2D eigenvalue weighted by atomic mass is 10.3. The predicted octanol–water partition coefficient (Wildman–Crippen LogP) is 2.46. The molecule has 2 heterocycles. The summed E-state index contributed by atoms with van der Waals surface area (Å²) in [5.41, 5.74) is 1.14. The van der Waals surface area contributed by atoms with Crippen molar-refractivity contribution in [2.24, 2.45) is 0 Å². The van der Waals surface area contributed by atoms with Crippen LogP contribution in [0.4, 0.5) is 5.13 Å². The van der Waals surface area contributed by atoms with E-state index >= 15 is 0 Å². The molecule has 0 unspecified atom stereocenters. The molecule has 0 aliphatic carbocycles. The summed E-state index contributed by atoms with van der Waals surface area (Å²) in [7, 11) is 1.88. The quantitative estimate of drug-likeness (QED) is 0.864. The van der Waals surface area contributed by atoms with Crippen LogP contribution in [0.15, 0.2) is 18.6 Å². The maximum atomic E-state index is 4.29. The van der Waals surface area contributed by atoms with E-state index in [9.17, 15) is 0 Å². The Labute approximate surface area is 93.0 Å². The fraction of sp³-hybridized carbons (Fsp3) is 0.400. The Bertz CT molecular complexity index is 432. The number of aryl methyl sites for hydroxylation is 1. The highest BCUT2D eigenvalue weighted by atomic mass is 32.1. The lowest BCUT2D eigenvalue weighted by Crippen LogP contribution is -1.95. The lowest BCUT2D eigenvalue weighted by Gasteiger charge is -1.94. The van der Waals surface area contributed by atoms with Gasteiger partial charge in [-0.15, -0.1) is 0 Å². The molecule has 0 radical (unpaired) electrons. The number of hydrogen-bond acceptors (Lipinski definition) is 4. The highest BCUT2D eigenvalue weighted by molar-refractivity contribution is 7.18. The molecule has 0 bridgehead atoms. The SMILES string of the molecule is CCCn1cc(-c2cnc(NC)s2)cn1. The molecule has 2 aromatic rings. The molecule has 0 saturated carbocycles. The van der Waals surface area contributed by atoms with Crippen LogP contribution in [0.25, 0.3) is 10.4 Å². The van der Waals surface area contributed by atoms with Gasteiger partial charge in [-0.2, -0.15) is 5.10 Å². The molecule has 0 atom stereocenters. The molecule has 2 aromatic heterocycles. The van der Waals surface area contributed by atoms with Gasteiger partial charge in [0, 0.05) is 31.5 Å². The van der Waals surface area contributed by atoms with Crippen LogP contribution in [0, 0.1) is 0 Å². The van der Waals surface area contributed by atoms with Crippen LogP contribution in [0.1, 0.15) is 13.3 Å². The van der Waals surface area contributed by atoms with Crippen molar-refractivity contribution in [1.82, 2.24) is 14.8 Å². The third-order valence-corrected chi connectivity index (χ3v) is 3.15. The molecule has 0 fully saturated rings. The molecule has 0 aliphatic heterocycles. The molecule has 0 amide bonds. The van der Waals surface area contributed by atoms with E-state index in [4.69, 9.17) is 0 Å². The van der Waals surface area contributed by atoms with Gasteiger partial charge in [-0.05, 0) is 6.42 Å². The van der Waals surface area contributed by atoms with Crippen molar-refractivity contribution < 1.29 is 0 Å². The molecule has 0 aliphatic rings. The second-order valence-electron chi connectivity index (χ2n) is 3.27. The van der Waals surface area contributed by atoms with E-state index in [0.29, 0.717) is 0 Å². The highest BCUT2D eigenvalue weighted by Gasteiger charge is 2.05. The van der Waals surface area contributed by atoms with Crippen LogP contribution >= 0.6 is 11.3 Å². The Kier molecular flexibility index (Phi) is 3.01. The number of nitrogens with zero attached hydrogens (tertiary/aromatic N) is 3. The van der Waals surface area contributed by atoms with Gasteiger partial charge < -0.3 is 5.32 Å². The second-order valence-corrected chi connectivity index (χ2v) is 4.30. The van der Waals surface area contributed by atoms with Crippen molar-refractivity contribution in [2.75, 3.05) is 12.4 Å². The molecule has 15 heavy (non-hydrogen) atoms. The van der Waals surface area contributed by atoms with Crippen LogP contribution in [0.5, 0.6) is 0 Å². The van der Waals surface area contributed by atoms with E-state index in [1.165, 1.54) is 0 Å². The van der Waals surface area contributed by atoms with E-state index in [2.05, 4.69) is 28.5 Å². The van der Waals surface area contributed by atoms with Crippen LogP contribution in [-0.4, -0.2) is 21.8 Å². The Hall–Kier alpha value is -1.36. The van der Waals surface area contributed by atoms with Gasteiger partial charge in [0.15, 0.2) is 5.13 Å². The van der Waals surface area contributed by atoms with Gasteiger partial charge in [0.2, 0.25) is 0 Å². The summed E-state index contributed by atoms with van der Waals surface area (Å²) in [6, 6.07) is 0. The fourth-order valence-electron chi connectivity index (χ4n) is 1.37. The minimum Gasteiger partial charge on any atom is -0.365 e. The first-order chi connectivity index (χ1) is 7.33. The number of anilines is 1. The maximum Gasteiger partial charge on any atom is 0.182 e. The Morgan fingerprint density at radius 1 is 1.47 bits per heavy atom. The molecule has 0 spiro atoms. The summed E-state index contributed by atoms with van der Waals surface area (Å²) in [5.74, 6) is 0. The molecular formula is C10H14N4S. The summed E-state index contributed by atoms with van der Waals surface area (Å²) >= 11 is 1.64. The molecule has 4 nitrogen and oxygen atoms in total. The number of hydrogen-bond donors (Lipinski definition) is 1. The number of aromatic nitrogens is 3. The first-order valence-corrected chi connectivity index (χ1v) is 5.81. The first-order valence-electron chi connectivity index (χ1n) is 5.00. The van der Waals surface area contributed by atoms with Crippen molar-refractivity contribution in [3.8, 4) is 10.4 Å². The van der Waals surface area contributed by atoms with E-state index < -0.39 is 0 Å². The normalized spacial score (nSPS) is 10.5. The zero-order valence-corrected chi connectivity index (χ0v) is 9.71. The summed E-state index contributed by atoms with van der Waals surface area (Å²) in [6.45, 7) is 3.12. The summed E-state index contributed by atoms with van der Waals surface area (Å²) in [4.78, 5) is 5.39. The van der Waals surface area contributed by atoms with Crippen LogP contribution in [0.2, 0.25) is 0 Å². The molecule has 1 N–H and O–H groups in total. The van der Waals surface area contributed by atoms with E-state index in [1.807, 2.05) is 24.1 Å². The summed E-state index contributed by atoms with van der Waals surface area (Å²) < 4.78 is 1.97. The zero-order chi connectivity index (χ0) is 10.7.